The quantitative estimate of drug-likeness (QED) is 0.251. The van der Waals surface area contributed by atoms with Crippen LogP contribution in [0.2, 0.25) is 5.02 Å². The first kappa shape index (κ1) is 20.2. The van der Waals surface area contributed by atoms with E-state index in [1.165, 1.54) is 12.3 Å². The number of para-hydroxylation sites is 1. The van der Waals surface area contributed by atoms with Gasteiger partial charge in [-0.25, -0.2) is 0 Å². The zero-order valence-corrected chi connectivity index (χ0v) is 17.8. The van der Waals surface area contributed by atoms with Gasteiger partial charge in [0.2, 0.25) is 11.2 Å². The molecule has 4 rings (SSSR count). The summed E-state index contributed by atoms with van der Waals surface area (Å²) in [6.45, 7) is 0. The maximum atomic E-state index is 12.7. The molecule has 5 nitrogen and oxygen atoms in total. The lowest BCUT2D eigenvalue weighted by molar-refractivity contribution is -0.133. The first-order valence-corrected chi connectivity index (χ1v) is 10.1. The average Bonchev–Trinajstić information content (AvgIpc) is 2.73. The Morgan fingerprint density at radius 3 is 2.53 bits per heavy atom. The smallest absolute Gasteiger partial charge is 0.315 e. The topological polar surface area (TPSA) is 65.7 Å². The van der Waals surface area contributed by atoms with E-state index in [0.29, 0.717) is 20.6 Å². The number of carbonyl (C=O) groups is 1. The molecular formula is C23H14BrClO5. The molecule has 0 unspecified atom stereocenters. The number of fused-ring (bicyclic) bond motifs is 1. The molecule has 0 saturated heterocycles. The highest BCUT2D eigenvalue weighted by atomic mass is 79.9. The van der Waals surface area contributed by atoms with Gasteiger partial charge in [0.15, 0.2) is 0 Å². The number of benzene rings is 3. The second kappa shape index (κ2) is 8.73. The highest BCUT2D eigenvalue weighted by Gasteiger charge is 2.13. The summed E-state index contributed by atoms with van der Waals surface area (Å²) >= 11 is 9.22. The Kier molecular flexibility index (Phi) is 5.88. The van der Waals surface area contributed by atoms with E-state index in [0.717, 1.165) is 5.56 Å². The van der Waals surface area contributed by atoms with Gasteiger partial charge in [0.1, 0.15) is 23.3 Å². The Balaban J connectivity index is 1.53. The minimum Gasteiger partial charge on any atom is -0.460 e. The van der Waals surface area contributed by atoms with Crippen LogP contribution in [0.3, 0.4) is 0 Å². The highest BCUT2D eigenvalue weighted by Crippen LogP contribution is 2.29. The number of esters is 1. The summed E-state index contributed by atoms with van der Waals surface area (Å²) in [6.07, 6.45) is 1.33. The van der Waals surface area contributed by atoms with Crippen LogP contribution in [0.25, 0.3) is 11.0 Å². The van der Waals surface area contributed by atoms with Gasteiger partial charge in [0, 0.05) is 11.1 Å². The Bertz CT molecular complexity index is 1280. The summed E-state index contributed by atoms with van der Waals surface area (Å²) in [7, 11) is 0. The van der Waals surface area contributed by atoms with E-state index >= 15 is 0 Å². The van der Waals surface area contributed by atoms with Gasteiger partial charge in [-0.2, -0.15) is 0 Å². The van der Waals surface area contributed by atoms with Crippen molar-refractivity contribution in [3.05, 3.63) is 98.3 Å². The summed E-state index contributed by atoms with van der Waals surface area (Å²) in [5.41, 5.74) is 0.743. The standard InChI is InChI=1S/C23H14BrClO5/c24-18-3-1-2-4-19(18)30-21-13-28-20-12-16(9-10-17(20)23(21)27)29-22(26)11-14-5-7-15(25)8-6-14/h1-10,12-13H,11H2. The normalized spacial score (nSPS) is 10.7. The predicted octanol–water partition coefficient (Wildman–Crippen LogP) is 6.15. The first-order valence-electron chi connectivity index (χ1n) is 8.93. The Morgan fingerprint density at radius 2 is 1.77 bits per heavy atom. The van der Waals surface area contributed by atoms with Crippen molar-refractivity contribution >= 4 is 44.5 Å². The van der Waals surface area contributed by atoms with Crippen LogP contribution in [0, 0.1) is 0 Å². The molecule has 30 heavy (non-hydrogen) atoms. The van der Waals surface area contributed by atoms with E-state index in [1.807, 2.05) is 12.1 Å². The van der Waals surface area contributed by atoms with Crippen LogP contribution < -0.4 is 14.9 Å². The summed E-state index contributed by atoms with van der Waals surface area (Å²) in [5.74, 6) is 0.399. The van der Waals surface area contributed by atoms with Crippen molar-refractivity contribution in [2.45, 2.75) is 6.42 Å². The largest absolute Gasteiger partial charge is 0.460 e. The molecule has 0 N–H and O–H groups in total. The van der Waals surface area contributed by atoms with Crippen LogP contribution in [0.4, 0.5) is 0 Å². The Morgan fingerprint density at radius 1 is 1.00 bits per heavy atom. The van der Waals surface area contributed by atoms with Gasteiger partial charge < -0.3 is 13.9 Å². The van der Waals surface area contributed by atoms with E-state index < -0.39 is 5.97 Å². The fourth-order valence-electron chi connectivity index (χ4n) is 2.81. The van der Waals surface area contributed by atoms with Crippen molar-refractivity contribution in [2.24, 2.45) is 0 Å². The molecule has 0 saturated carbocycles. The molecule has 7 heteroatoms. The first-order chi connectivity index (χ1) is 14.5. The number of hydrogen-bond acceptors (Lipinski definition) is 5. The van der Waals surface area contributed by atoms with E-state index in [-0.39, 0.29) is 28.9 Å². The van der Waals surface area contributed by atoms with Crippen LogP contribution in [0.1, 0.15) is 5.56 Å². The molecule has 3 aromatic carbocycles. The molecule has 0 spiro atoms. The fraction of sp³-hybridized carbons (Fsp3) is 0.0435. The highest BCUT2D eigenvalue weighted by molar-refractivity contribution is 9.10. The number of halogens is 2. The SMILES string of the molecule is O=C(Cc1ccc(Cl)cc1)Oc1ccc2c(=O)c(Oc3ccccc3Br)coc2c1. The maximum absolute atomic E-state index is 12.7. The van der Waals surface area contributed by atoms with Gasteiger partial charge in [-0.05, 0) is 57.9 Å². The minimum atomic E-state index is -0.437. The number of ether oxygens (including phenoxy) is 2. The molecule has 0 atom stereocenters. The zero-order chi connectivity index (χ0) is 21.1. The number of carbonyl (C=O) groups excluding carboxylic acids is 1. The van der Waals surface area contributed by atoms with Crippen molar-refractivity contribution in [3.63, 3.8) is 0 Å². The summed E-state index contributed by atoms with van der Waals surface area (Å²) in [5, 5.41) is 0.914. The number of hydrogen-bond donors (Lipinski definition) is 0. The van der Waals surface area contributed by atoms with Gasteiger partial charge >= 0.3 is 5.97 Å². The third-order valence-electron chi connectivity index (χ3n) is 4.26. The second-order valence-corrected chi connectivity index (χ2v) is 7.69. The lowest BCUT2D eigenvalue weighted by atomic mass is 10.1. The molecule has 150 valence electrons. The molecular weight excluding hydrogens is 472 g/mol. The Hall–Kier alpha value is -3.09. The van der Waals surface area contributed by atoms with E-state index in [2.05, 4.69) is 15.9 Å². The maximum Gasteiger partial charge on any atom is 0.315 e. The molecule has 0 bridgehead atoms. The minimum absolute atomic E-state index is 0.0573. The summed E-state index contributed by atoms with van der Waals surface area (Å²) in [4.78, 5) is 24.9. The fourth-order valence-corrected chi connectivity index (χ4v) is 3.30. The third kappa shape index (κ3) is 4.56. The molecule has 0 aliphatic rings. The average molecular weight is 486 g/mol. The van der Waals surface area contributed by atoms with Gasteiger partial charge in [-0.1, -0.05) is 35.9 Å². The van der Waals surface area contributed by atoms with Crippen LogP contribution in [-0.4, -0.2) is 5.97 Å². The van der Waals surface area contributed by atoms with Crippen LogP contribution in [0.15, 0.2) is 86.7 Å². The van der Waals surface area contributed by atoms with Gasteiger partial charge in [0.05, 0.1) is 16.3 Å². The molecule has 0 fully saturated rings. The van der Waals surface area contributed by atoms with Crippen LogP contribution >= 0.6 is 27.5 Å². The molecule has 0 aliphatic carbocycles. The summed E-state index contributed by atoms with van der Waals surface area (Å²) < 4.78 is 17.3. The van der Waals surface area contributed by atoms with Crippen LogP contribution in [-0.2, 0) is 11.2 Å². The van der Waals surface area contributed by atoms with Crippen molar-refractivity contribution in [2.75, 3.05) is 0 Å². The van der Waals surface area contributed by atoms with Crippen molar-refractivity contribution in [1.29, 1.82) is 0 Å². The lowest BCUT2D eigenvalue weighted by Gasteiger charge is -2.08. The summed E-state index contributed by atoms with van der Waals surface area (Å²) in [6, 6.07) is 18.7. The molecule has 4 aromatic rings. The van der Waals surface area contributed by atoms with Crippen LogP contribution in [0.5, 0.6) is 17.2 Å². The van der Waals surface area contributed by atoms with E-state index in [9.17, 15) is 9.59 Å². The van der Waals surface area contributed by atoms with Gasteiger partial charge in [-0.15, -0.1) is 0 Å². The van der Waals surface area contributed by atoms with E-state index in [4.69, 9.17) is 25.5 Å². The molecule has 1 aromatic heterocycles. The number of rotatable bonds is 5. The molecule has 0 radical (unpaired) electrons. The predicted molar refractivity (Wildman–Crippen MR) is 117 cm³/mol. The monoisotopic (exact) mass is 484 g/mol. The molecule has 1 heterocycles. The Labute approximate surface area is 184 Å². The zero-order valence-electron chi connectivity index (χ0n) is 15.4. The van der Waals surface area contributed by atoms with Gasteiger partial charge in [0.25, 0.3) is 0 Å². The lowest BCUT2D eigenvalue weighted by Crippen LogP contribution is -2.11. The molecule has 0 aliphatic heterocycles. The van der Waals surface area contributed by atoms with Crippen molar-refractivity contribution < 1.29 is 18.7 Å². The second-order valence-electron chi connectivity index (χ2n) is 6.40. The molecule has 0 amide bonds. The van der Waals surface area contributed by atoms with Crippen molar-refractivity contribution in [1.82, 2.24) is 0 Å². The third-order valence-corrected chi connectivity index (χ3v) is 5.17. The van der Waals surface area contributed by atoms with E-state index in [1.54, 1.807) is 48.5 Å². The van der Waals surface area contributed by atoms with Crippen molar-refractivity contribution in [3.8, 4) is 17.2 Å². The van der Waals surface area contributed by atoms with Gasteiger partial charge in [-0.3, -0.25) is 9.59 Å².